The molecule has 0 aromatic heterocycles. The van der Waals surface area contributed by atoms with Crippen LogP contribution in [0.5, 0.6) is 0 Å². The van der Waals surface area contributed by atoms with E-state index in [9.17, 15) is 4.79 Å². The van der Waals surface area contributed by atoms with Crippen LogP contribution in [0.4, 0.5) is 0 Å². The van der Waals surface area contributed by atoms with Gasteiger partial charge in [-0.25, -0.2) is 0 Å². The molecule has 0 saturated carbocycles. The number of rotatable bonds is 17. The summed E-state index contributed by atoms with van der Waals surface area (Å²) in [4.78, 5) is 14.0. The maximum atomic E-state index is 11.8. The zero-order chi connectivity index (χ0) is 17.9. The third-order valence-electron chi connectivity index (χ3n) is 4.18. The van der Waals surface area contributed by atoms with Crippen LogP contribution in [0.15, 0.2) is 12.2 Å². The van der Waals surface area contributed by atoms with E-state index >= 15 is 0 Å². The van der Waals surface area contributed by atoms with Gasteiger partial charge in [-0.05, 0) is 19.3 Å². The number of aliphatic hydroxyl groups is 1. The van der Waals surface area contributed by atoms with Gasteiger partial charge in [-0.3, -0.25) is 9.69 Å². The molecule has 0 rings (SSSR count). The highest BCUT2D eigenvalue weighted by Crippen LogP contribution is 2.04. The summed E-state index contributed by atoms with van der Waals surface area (Å²) in [5.41, 5.74) is 0. The number of amides is 1. The smallest absolute Gasteiger partial charge is 0.220 e. The fourth-order valence-corrected chi connectivity index (χ4v) is 2.62. The molecule has 0 fully saturated rings. The molecular formula is C20H40N2O2. The van der Waals surface area contributed by atoms with Crippen molar-refractivity contribution >= 4 is 5.91 Å². The zero-order valence-corrected chi connectivity index (χ0v) is 16.1. The predicted molar refractivity (Wildman–Crippen MR) is 103 cm³/mol. The number of nitrogens with zero attached hydrogens (tertiary/aromatic N) is 1. The number of carbonyl (C=O) groups excluding carboxylic acids is 1. The number of carbonyl (C=O) groups is 1. The molecule has 1 amide bonds. The van der Waals surface area contributed by atoms with Crippen LogP contribution in [0.1, 0.15) is 78.1 Å². The highest BCUT2D eigenvalue weighted by molar-refractivity contribution is 5.75. The summed E-state index contributed by atoms with van der Waals surface area (Å²) >= 11 is 0. The first-order chi connectivity index (χ1) is 11.7. The van der Waals surface area contributed by atoms with Crippen molar-refractivity contribution in [2.24, 2.45) is 0 Å². The van der Waals surface area contributed by atoms with Crippen LogP contribution in [-0.4, -0.2) is 48.7 Å². The average molecular weight is 341 g/mol. The van der Waals surface area contributed by atoms with E-state index in [4.69, 9.17) is 5.11 Å². The largest absolute Gasteiger partial charge is 0.395 e. The van der Waals surface area contributed by atoms with Gasteiger partial charge >= 0.3 is 0 Å². The van der Waals surface area contributed by atoms with Crippen molar-refractivity contribution in [3.63, 3.8) is 0 Å². The third-order valence-corrected chi connectivity index (χ3v) is 4.18. The Labute approximate surface area is 149 Å². The molecule has 0 aromatic carbocycles. The van der Waals surface area contributed by atoms with Crippen molar-refractivity contribution in [3.8, 4) is 0 Å². The molecule has 0 saturated heterocycles. The highest BCUT2D eigenvalue weighted by atomic mass is 16.3. The molecule has 142 valence electrons. The lowest BCUT2D eigenvalue weighted by atomic mass is 10.1. The minimum atomic E-state index is 0.158. The molecular weight excluding hydrogens is 300 g/mol. The number of nitrogens with one attached hydrogen (secondary N) is 1. The van der Waals surface area contributed by atoms with Crippen LogP contribution in [0.25, 0.3) is 0 Å². The third kappa shape index (κ3) is 16.0. The number of hydrogen-bond acceptors (Lipinski definition) is 3. The molecule has 0 aliphatic carbocycles. The van der Waals surface area contributed by atoms with E-state index < -0.39 is 0 Å². The first kappa shape index (κ1) is 23.1. The summed E-state index contributed by atoms with van der Waals surface area (Å²) in [6.45, 7) is 7.54. The van der Waals surface area contributed by atoms with Crippen molar-refractivity contribution in [3.05, 3.63) is 12.2 Å². The van der Waals surface area contributed by atoms with Crippen LogP contribution in [0, 0.1) is 0 Å². The van der Waals surface area contributed by atoms with Crippen LogP contribution >= 0.6 is 0 Å². The van der Waals surface area contributed by atoms with Gasteiger partial charge in [0, 0.05) is 32.6 Å². The van der Waals surface area contributed by atoms with E-state index in [1.807, 2.05) is 0 Å². The summed E-state index contributed by atoms with van der Waals surface area (Å²) in [5.74, 6) is 0.158. The topological polar surface area (TPSA) is 52.6 Å². The van der Waals surface area contributed by atoms with Gasteiger partial charge in [0.15, 0.2) is 0 Å². The maximum absolute atomic E-state index is 11.8. The Morgan fingerprint density at radius 2 is 1.67 bits per heavy atom. The lowest BCUT2D eigenvalue weighted by Crippen LogP contribution is -2.36. The number of unbranched alkanes of at least 4 members (excludes halogenated alkanes) is 7. The first-order valence-corrected chi connectivity index (χ1v) is 9.99. The Morgan fingerprint density at radius 1 is 0.958 bits per heavy atom. The number of hydrogen-bond donors (Lipinski definition) is 2. The Morgan fingerprint density at radius 3 is 2.38 bits per heavy atom. The second-order valence-electron chi connectivity index (χ2n) is 6.51. The molecule has 0 aromatic rings. The minimum Gasteiger partial charge on any atom is -0.395 e. The summed E-state index contributed by atoms with van der Waals surface area (Å²) in [6, 6.07) is 0. The van der Waals surface area contributed by atoms with Gasteiger partial charge in [-0.2, -0.15) is 0 Å². The van der Waals surface area contributed by atoms with Crippen LogP contribution in [0.2, 0.25) is 0 Å². The van der Waals surface area contributed by atoms with E-state index in [1.165, 1.54) is 38.5 Å². The summed E-state index contributed by atoms with van der Waals surface area (Å²) in [7, 11) is 0. The van der Waals surface area contributed by atoms with E-state index in [-0.39, 0.29) is 12.5 Å². The fraction of sp³-hybridized carbons (Fsp3) is 0.850. The van der Waals surface area contributed by atoms with Gasteiger partial charge in [0.1, 0.15) is 0 Å². The molecule has 0 aliphatic rings. The van der Waals surface area contributed by atoms with Crippen molar-refractivity contribution < 1.29 is 9.90 Å². The van der Waals surface area contributed by atoms with Crippen molar-refractivity contribution in [1.82, 2.24) is 10.2 Å². The Hall–Kier alpha value is -0.870. The standard InChI is InChI=1S/C20H40N2O2/c1-3-5-7-9-11-13-16-22(18-19-23)17-15-21-20(24)14-12-10-8-6-4-2/h11,13,23H,3-10,12,14-19H2,1-2H3,(H,21,24)/b13-11+. The van der Waals surface area contributed by atoms with Gasteiger partial charge in [-0.1, -0.05) is 64.5 Å². The van der Waals surface area contributed by atoms with Crippen molar-refractivity contribution in [2.45, 2.75) is 78.1 Å². The Balaban J connectivity index is 3.73. The lowest BCUT2D eigenvalue weighted by molar-refractivity contribution is -0.121. The molecule has 0 aliphatic heterocycles. The molecule has 4 heteroatoms. The van der Waals surface area contributed by atoms with E-state index in [1.54, 1.807) is 0 Å². The number of aliphatic hydroxyl groups excluding tert-OH is 1. The predicted octanol–water partition coefficient (Wildman–Crippen LogP) is 3.89. The highest BCUT2D eigenvalue weighted by Gasteiger charge is 2.04. The second-order valence-corrected chi connectivity index (χ2v) is 6.51. The van der Waals surface area contributed by atoms with Crippen molar-refractivity contribution in [1.29, 1.82) is 0 Å². The summed E-state index contributed by atoms with van der Waals surface area (Å²) in [6.07, 6.45) is 15.9. The number of allylic oxidation sites excluding steroid dienone is 1. The summed E-state index contributed by atoms with van der Waals surface area (Å²) < 4.78 is 0. The molecule has 4 nitrogen and oxygen atoms in total. The fourth-order valence-electron chi connectivity index (χ4n) is 2.62. The van der Waals surface area contributed by atoms with E-state index in [0.717, 1.165) is 32.4 Å². The van der Waals surface area contributed by atoms with Gasteiger partial charge < -0.3 is 10.4 Å². The van der Waals surface area contributed by atoms with Gasteiger partial charge in [0.05, 0.1) is 6.61 Å². The molecule has 0 spiro atoms. The monoisotopic (exact) mass is 340 g/mol. The van der Waals surface area contributed by atoms with E-state index in [2.05, 4.69) is 36.2 Å². The van der Waals surface area contributed by atoms with Crippen LogP contribution in [0.3, 0.4) is 0 Å². The molecule has 0 unspecified atom stereocenters. The average Bonchev–Trinajstić information content (AvgIpc) is 2.57. The molecule has 24 heavy (non-hydrogen) atoms. The molecule has 0 radical (unpaired) electrons. The zero-order valence-electron chi connectivity index (χ0n) is 16.1. The lowest BCUT2D eigenvalue weighted by Gasteiger charge is -2.19. The van der Waals surface area contributed by atoms with Crippen LogP contribution < -0.4 is 5.32 Å². The normalized spacial score (nSPS) is 11.5. The van der Waals surface area contributed by atoms with Crippen LogP contribution in [-0.2, 0) is 4.79 Å². The maximum Gasteiger partial charge on any atom is 0.220 e. The Bertz CT molecular complexity index is 306. The van der Waals surface area contributed by atoms with Gasteiger partial charge in [0.25, 0.3) is 0 Å². The Kier molecular flexibility index (Phi) is 17.8. The second kappa shape index (κ2) is 18.5. The molecule has 0 atom stereocenters. The van der Waals surface area contributed by atoms with Gasteiger partial charge in [0.2, 0.25) is 5.91 Å². The van der Waals surface area contributed by atoms with Gasteiger partial charge in [-0.15, -0.1) is 0 Å². The van der Waals surface area contributed by atoms with Crippen molar-refractivity contribution in [2.75, 3.05) is 32.8 Å². The molecule has 0 bridgehead atoms. The molecule has 0 heterocycles. The first-order valence-electron chi connectivity index (χ1n) is 9.99. The minimum absolute atomic E-state index is 0.158. The summed E-state index contributed by atoms with van der Waals surface area (Å²) in [5, 5.41) is 12.1. The quantitative estimate of drug-likeness (QED) is 0.312. The van der Waals surface area contributed by atoms with E-state index in [0.29, 0.717) is 19.5 Å². The SMILES string of the molecule is CCCCC/C=C/CN(CCO)CCNC(=O)CCCCCCC. The molecule has 2 N–H and O–H groups in total.